The second-order valence-corrected chi connectivity index (χ2v) is 3.93. The summed E-state index contributed by atoms with van der Waals surface area (Å²) in [7, 11) is 1.67. The lowest BCUT2D eigenvalue weighted by atomic mass is 10.0. The van der Waals surface area contributed by atoms with Gasteiger partial charge in [-0.1, -0.05) is 0 Å². The number of methoxy groups -OCH3 is 1. The normalized spacial score (nSPS) is 24.8. The van der Waals surface area contributed by atoms with E-state index in [1.807, 2.05) is 4.90 Å². The Morgan fingerprint density at radius 1 is 1.64 bits per heavy atom. The van der Waals surface area contributed by atoms with Crippen molar-refractivity contribution in [1.82, 2.24) is 4.90 Å². The van der Waals surface area contributed by atoms with E-state index < -0.39 is 6.04 Å². The molecule has 4 heteroatoms. The molecule has 0 radical (unpaired) electrons. The van der Waals surface area contributed by atoms with Gasteiger partial charge in [0.1, 0.15) is 0 Å². The Bertz CT molecular complexity index is 193. The summed E-state index contributed by atoms with van der Waals surface area (Å²) in [5.74, 6) is 0.0479. The van der Waals surface area contributed by atoms with E-state index in [0.717, 1.165) is 19.4 Å². The minimum absolute atomic E-state index is 0.0479. The molecule has 1 aliphatic rings. The molecule has 2 atom stereocenters. The van der Waals surface area contributed by atoms with E-state index >= 15 is 0 Å². The van der Waals surface area contributed by atoms with Crippen molar-refractivity contribution in [3.8, 4) is 0 Å². The summed E-state index contributed by atoms with van der Waals surface area (Å²) in [6.07, 6.45) is 3.29. The minimum Gasteiger partial charge on any atom is -0.383 e. The highest BCUT2D eigenvalue weighted by atomic mass is 16.5. The maximum Gasteiger partial charge on any atom is 0.239 e. The molecular weight excluding hydrogens is 180 g/mol. The predicted molar refractivity (Wildman–Crippen MR) is 54.9 cm³/mol. The van der Waals surface area contributed by atoms with Crippen LogP contribution in [0.5, 0.6) is 0 Å². The van der Waals surface area contributed by atoms with Gasteiger partial charge in [-0.2, -0.15) is 0 Å². The van der Waals surface area contributed by atoms with Gasteiger partial charge in [-0.15, -0.1) is 0 Å². The van der Waals surface area contributed by atoms with E-state index in [-0.39, 0.29) is 11.9 Å². The molecule has 1 saturated heterocycles. The summed E-state index contributed by atoms with van der Waals surface area (Å²) in [5, 5.41) is 0. The van der Waals surface area contributed by atoms with Crippen LogP contribution in [0.15, 0.2) is 0 Å². The molecule has 14 heavy (non-hydrogen) atoms. The highest BCUT2D eigenvalue weighted by Crippen LogP contribution is 2.17. The van der Waals surface area contributed by atoms with Gasteiger partial charge in [-0.05, 0) is 26.2 Å². The summed E-state index contributed by atoms with van der Waals surface area (Å²) >= 11 is 0. The topological polar surface area (TPSA) is 55.6 Å². The van der Waals surface area contributed by atoms with E-state index in [4.69, 9.17) is 10.5 Å². The second-order valence-electron chi connectivity index (χ2n) is 3.93. The third-order valence-electron chi connectivity index (χ3n) is 2.66. The van der Waals surface area contributed by atoms with Gasteiger partial charge in [0.05, 0.1) is 18.7 Å². The first-order chi connectivity index (χ1) is 6.66. The molecule has 0 aliphatic carbocycles. The summed E-state index contributed by atoms with van der Waals surface area (Å²) in [4.78, 5) is 13.6. The Morgan fingerprint density at radius 3 is 2.93 bits per heavy atom. The first-order valence-corrected chi connectivity index (χ1v) is 5.21. The fourth-order valence-corrected chi connectivity index (χ4v) is 1.92. The average molecular weight is 200 g/mol. The third-order valence-corrected chi connectivity index (χ3v) is 2.66. The number of hydrogen-bond acceptors (Lipinski definition) is 3. The van der Waals surface area contributed by atoms with Gasteiger partial charge < -0.3 is 15.4 Å². The molecule has 2 N–H and O–H groups in total. The van der Waals surface area contributed by atoms with Crippen molar-refractivity contribution in [2.24, 2.45) is 5.73 Å². The van der Waals surface area contributed by atoms with Crippen molar-refractivity contribution >= 4 is 5.91 Å². The van der Waals surface area contributed by atoms with E-state index in [1.165, 1.54) is 6.42 Å². The Labute approximate surface area is 85.4 Å². The maximum absolute atomic E-state index is 11.7. The first-order valence-electron chi connectivity index (χ1n) is 5.21. The number of ether oxygens (including phenoxy) is 1. The maximum atomic E-state index is 11.7. The van der Waals surface area contributed by atoms with E-state index in [9.17, 15) is 4.79 Å². The lowest BCUT2D eigenvalue weighted by Crippen LogP contribution is -2.51. The summed E-state index contributed by atoms with van der Waals surface area (Å²) in [5.41, 5.74) is 5.59. The summed E-state index contributed by atoms with van der Waals surface area (Å²) in [6, 6.07) is -0.167. The highest BCUT2D eigenvalue weighted by Gasteiger charge is 2.27. The average Bonchev–Trinajstić information content (AvgIpc) is 2.18. The number of piperidine rings is 1. The fourth-order valence-electron chi connectivity index (χ4n) is 1.92. The van der Waals surface area contributed by atoms with Crippen LogP contribution in [0.3, 0.4) is 0 Å². The number of nitrogens with two attached hydrogens (primary N) is 1. The molecule has 1 aliphatic heterocycles. The molecule has 4 nitrogen and oxygen atoms in total. The Morgan fingerprint density at radius 2 is 2.36 bits per heavy atom. The fraction of sp³-hybridized carbons (Fsp3) is 0.900. The number of hydrogen-bond donors (Lipinski definition) is 1. The molecule has 1 unspecified atom stereocenters. The molecule has 0 aromatic heterocycles. The minimum atomic E-state index is -0.396. The number of nitrogens with zero attached hydrogens (tertiary/aromatic N) is 1. The van der Waals surface area contributed by atoms with Crippen molar-refractivity contribution < 1.29 is 9.53 Å². The monoisotopic (exact) mass is 200 g/mol. The molecule has 0 aromatic carbocycles. The number of amides is 1. The van der Waals surface area contributed by atoms with Crippen LogP contribution in [0.1, 0.15) is 26.2 Å². The van der Waals surface area contributed by atoms with Crippen LogP contribution in [0.2, 0.25) is 0 Å². The Hall–Kier alpha value is -0.610. The van der Waals surface area contributed by atoms with Gasteiger partial charge in [-0.25, -0.2) is 0 Å². The molecule has 0 aromatic rings. The van der Waals surface area contributed by atoms with Gasteiger partial charge in [0.25, 0.3) is 0 Å². The van der Waals surface area contributed by atoms with E-state index in [0.29, 0.717) is 6.61 Å². The molecule has 1 rings (SSSR count). The van der Waals surface area contributed by atoms with Crippen molar-refractivity contribution in [1.29, 1.82) is 0 Å². The second kappa shape index (κ2) is 5.32. The zero-order chi connectivity index (χ0) is 10.6. The number of likely N-dealkylation sites (tertiary alicyclic amines) is 1. The predicted octanol–water partition coefficient (Wildman–Crippen LogP) is 0.361. The van der Waals surface area contributed by atoms with Crippen LogP contribution in [-0.4, -0.2) is 43.2 Å². The summed E-state index contributed by atoms with van der Waals surface area (Å²) in [6.45, 7) is 3.19. The lowest BCUT2D eigenvalue weighted by molar-refractivity contribution is -0.137. The van der Waals surface area contributed by atoms with Crippen molar-refractivity contribution in [3.63, 3.8) is 0 Å². The summed E-state index contributed by atoms with van der Waals surface area (Å²) < 4.78 is 5.11. The van der Waals surface area contributed by atoms with Crippen molar-refractivity contribution in [3.05, 3.63) is 0 Å². The molecule has 0 bridgehead atoms. The zero-order valence-electron chi connectivity index (χ0n) is 9.03. The molecule has 1 amide bonds. The number of carbonyl (C=O) groups excluding carboxylic acids is 1. The highest BCUT2D eigenvalue weighted by molar-refractivity contribution is 5.81. The van der Waals surface area contributed by atoms with E-state index in [2.05, 4.69) is 0 Å². The molecular formula is C10H20N2O2. The lowest BCUT2D eigenvalue weighted by Gasteiger charge is -2.36. The van der Waals surface area contributed by atoms with Crippen molar-refractivity contribution in [2.45, 2.75) is 38.3 Å². The number of rotatable bonds is 3. The SMILES string of the molecule is COCC1CCCCN1C(=O)[C@H](C)N. The van der Waals surface area contributed by atoms with Gasteiger partial charge in [0.2, 0.25) is 5.91 Å². The zero-order valence-corrected chi connectivity index (χ0v) is 9.03. The van der Waals surface area contributed by atoms with Crippen LogP contribution in [0.4, 0.5) is 0 Å². The van der Waals surface area contributed by atoms with Gasteiger partial charge in [0.15, 0.2) is 0 Å². The molecule has 82 valence electrons. The van der Waals surface area contributed by atoms with Crippen LogP contribution in [-0.2, 0) is 9.53 Å². The standard InChI is InChI=1S/C10H20N2O2/c1-8(11)10(13)12-6-4-3-5-9(12)7-14-2/h8-9H,3-7,11H2,1-2H3/t8-,9?/m0/s1. The largest absolute Gasteiger partial charge is 0.383 e. The van der Waals surface area contributed by atoms with Crippen LogP contribution in [0, 0.1) is 0 Å². The molecule has 1 heterocycles. The molecule has 1 fully saturated rings. The van der Waals surface area contributed by atoms with Crippen LogP contribution >= 0.6 is 0 Å². The van der Waals surface area contributed by atoms with E-state index in [1.54, 1.807) is 14.0 Å². The first kappa shape index (κ1) is 11.5. The van der Waals surface area contributed by atoms with Gasteiger partial charge >= 0.3 is 0 Å². The van der Waals surface area contributed by atoms with Crippen LogP contribution in [0.25, 0.3) is 0 Å². The van der Waals surface area contributed by atoms with Crippen molar-refractivity contribution in [2.75, 3.05) is 20.3 Å². The molecule has 0 saturated carbocycles. The quantitative estimate of drug-likeness (QED) is 0.715. The Kier molecular flexibility index (Phi) is 4.35. The third kappa shape index (κ3) is 2.69. The molecule has 0 spiro atoms. The smallest absolute Gasteiger partial charge is 0.239 e. The van der Waals surface area contributed by atoms with Gasteiger partial charge in [0, 0.05) is 13.7 Å². The number of carbonyl (C=O) groups is 1. The van der Waals surface area contributed by atoms with Crippen LogP contribution < -0.4 is 5.73 Å². The van der Waals surface area contributed by atoms with Gasteiger partial charge in [-0.3, -0.25) is 4.79 Å². The Balaban J connectivity index is 2.57.